The summed E-state index contributed by atoms with van der Waals surface area (Å²) in [6, 6.07) is 8.31. The Morgan fingerprint density at radius 1 is 1.07 bits per heavy atom. The van der Waals surface area contributed by atoms with E-state index >= 15 is 0 Å². The second-order valence-corrected chi connectivity index (χ2v) is 11.5. The maximum absolute atomic E-state index is 14.9. The van der Waals surface area contributed by atoms with Crippen molar-refractivity contribution in [3.05, 3.63) is 65.7 Å². The Bertz CT molecular complexity index is 1500. The quantitative estimate of drug-likeness (QED) is 0.242. The number of hydrogen-bond donors (Lipinski definition) is 2. The number of aromatic nitrogens is 2. The van der Waals surface area contributed by atoms with Crippen molar-refractivity contribution in [3.8, 4) is 11.5 Å². The normalized spacial score (nSPS) is 15.6. The van der Waals surface area contributed by atoms with Crippen molar-refractivity contribution in [2.24, 2.45) is 5.92 Å². The fraction of sp³-hybridized carbons (Fsp3) is 0.433. The molecular formula is C30H33F6N5O4. The Balaban J connectivity index is 1.71. The molecule has 0 saturated carbocycles. The van der Waals surface area contributed by atoms with Gasteiger partial charge in [-0.15, -0.1) is 0 Å². The first-order valence-electron chi connectivity index (χ1n) is 14.1. The molecule has 0 aliphatic carbocycles. The highest BCUT2D eigenvalue weighted by Gasteiger charge is 2.41. The molecule has 244 valence electrons. The molecule has 15 heteroatoms. The number of carbonyl (C=O) groups is 2. The number of benzene rings is 2. The number of nitrogens with zero attached hydrogens (tertiary/aromatic N) is 3. The first-order chi connectivity index (χ1) is 21.1. The highest BCUT2D eigenvalue weighted by molar-refractivity contribution is 6.05. The zero-order chi connectivity index (χ0) is 32.9. The van der Waals surface area contributed by atoms with Gasteiger partial charge in [0, 0.05) is 25.8 Å². The Hall–Kier alpha value is -4.43. The van der Waals surface area contributed by atoms with Crippen LogP contribution in [-0.2, 0) is 17.5 Å². The third-order valence-electron chi connectivity index (χ3n) is 6.70. The van der Waals surface area contributed by atoms with Crippen LogP contribution in [0.25, 0.3) is 0 Å². The van der Waals surface area contributed by atoms with Gasteiger partial charge in [0.15, 0.2) is 17.3 Å². The maximum atomic E-state index is 14.9. The third kappa shape index (κ3) is 9.05. The number of rotatable bonds is 9. The summed E-state index contributed by atoms with van der Waals surface area (Å²) in [5, 5.41) is 8.87. The number of carbonyl (C=O) groups excluding carboxylic acids is 2. The van der Waals surface area contributed by atoms with E-state index in [1.807, 2.05) is 0 Å². The van der Waals surface area contributed by atoms with Gasteiger partial charge in [0.05, 0.1) is 11.4 Å². The summed E-state index contributed by atoms with van der Waals surface area (Å²) in [6.45, 7) is 4.64. The van der Waals surface area contributed by atoms with Gasteiger partial charge in [-0.1, -0.05) is 12.1 Å². The van der Waals surface area contributed by atoms with Crippen LogP contribution in [0.4, 0.5) is 42.5 Å². The predicted octanol–water partition coefficient (Wildman–Crippen LogP) is 7.09. The van der Waals surface area contributed by atoms with Crippen molar-refractivity contribution in [2.45, 2.75) is 58.4 Å². The lowest BCUT2D eigenvalue weighted by molar-refractivity contribution is -0.138. The second-order valence-electron chi connectivity index (χ2n) is 11.5. The summed E-state index contributed by atoms with van der Waals surface area (Å²) in [7, 11) is 0. The predicted molar refractivity (Wildman–Crippen MR) is 153 cm³/mol. The number of ether oxygens (including phenoxy) is 2. The summed E-state index contributed by atoms with van der Waals surface area (Å²) in [6.07, 6.45) is -6.25. The van der Waals surface area contributed by atoms with Crippen LogP contribution in [0.3, 0.4) is 0 Å². The molecule has 2 aromatic carbocycles. The minimum absolute atomic E-state index is 0.0495. The molecule has 0 unspecified atom stereocenters. The van der Waals surface area contributed by atoms with Crippen LogP contribution in [0.15, 0.2) is 48.7 Å². The van der Waals surface area contributed by atoms with Crippen LogP contribution in [0.2, 0.25) is 0 Å². The van der Waals surface area contributed by atoms with Gasteiger partial charge in [0.25, 0.3) is 12.3 Å². The molecule has 1 saturated heterocycles. The summed E-state index contributed by atoms with van der Waals surface area (Å²) >= 11 is 0. The Labute approximate surface area is 255 Å². The van der Waals surface area contributed by atoms with Gasteiger partial charge in [-0.2, -0.15) is 18.3 Å². The van der Waals surface area contributed by atoms with E-state index in [1.54, 1.807) is 20.8 Å². The van der Waals surface area contributed by atoms with Crippen molar-refractivity contribution in [1.82, 2.24) is 15.1 Å². The molecule has 45 heavy (non-hydrogen) atoms. The van der Waals surface area contributed by atoms with Crippen LogP contribution in [-0.4, -0.2) is 53.4 Å². The fourth-order valence-electron chi connectivity index (χ4n) is 4.90. The van der Waals surface area contributed by atoms with E-state index in [4.69, 9.17) is 9.47 Å². The first kappa shape index (κ1) is 33.5. The van der Waals surface area contributed by atoms with Crippen molar-refractivity contribution in [1.29, 1.82) is 0 Å². The van der Waals surface area contributed by atoms with E-state index in [-0.39, 0.29) is 36.9 Å². The standard InChI is InChI=1S/C30H33F6N5O4/c1-29(2,3)45-28(43)37-15-18-7-6-13-40(16-18)26-20(38-27(42)21-12-14-41(39-21)17-24(32)33)10-11-23(25(26)30(34,35)36)44-22-9-5-4-8-19(22)31/h4-5,8-12,14,18,24H,6-7,13,15-17H2,1-3H3,(H,37,43)(H,38,42)/t18-/m1/s1. The number of nitrogens with one attached hydrogen (secondary N) is 2. The average molecular weight is 642 g/mol. The van der Waals surface area contributed by atoms with Crippen molar-refractivity contribution in [2.75, 3.05) is 29.9 Å². The zero-order valence-corrected chi connectivity index (χ0v) is 24.8. The van der Waals surface area contributed by atoms with Crippen molar-refractivity contribution in [3.63, 3.8) is 0 Å². The number of amides is 2. The van der Waals surface area contributed by atoms with Gasteiger partial charge < -0.3 is 25.0 Å². The Morgan fingerprint density at radius 3 is 2.47 bits per heavy atom. The number of hydrogen-bond acceptors (Lipinski definition) is 6. The molecular weight excluding hydrogens is 608 g/mol. The smallest absolute Gasteiger partial charge is 0.422 e. The number of anilines is 2. The van der Waals surface area contributed by atoms with E-state index in [9.17, 15) is 35.9 Å². The van der Waals surface area contributed by atoms with E-state index < -0.39 is 65.3 Å². The highest BCUT2D eigenvalue weighted by Crippen LogP contribution is 2.48. The monoisotopic (exact) mass is 641 g/mol. The van der Waals surface area contributed by atoms with Crippen LogP contribution >= 0.6 is 0 Å². The number of alkyl halides is 5. The lowest BCUT2D eigenvalue weighted by atomic mass is 9.96. The second kappa shape index (κ2) is 13.7. The lowest BCUT2D eigenvalue weighted by Gasteiger charge is -2.37. The number of piperidine rings is 1. The lowest BCUT2D eigenvalue weighted by Crippen LogP contribution is -2.43. The third-order valence-corrected chi connectivity index (χ3v) is 6.70. The molecule has 1 atom stereocenters. The summed E-state index contributed by atoms with van der Waals surface area (Å²) in [4.78, 5) is 26.7. The van der Waals surface area contributed by atoms with Gasteiger partial charge >= 0.3 is 12.3 Å². The van der Waals surface area contributed by atoms with E-state index in [0.29, 0.717) is 12.8 Å². The summed E-state index contributed by atoms with van der Waals surface area (Å²) < 4.78 is 96.1. The average Bonchev–Trinajstić information content (AvgIpc) is 3.40. The van der Waals surface area contributed by atoms with E-state index in [0.717, 1.165) is 29.1 Å². The van der Waals surface area contributed by atoms with Crippen LogP contribution in [0, 0.1) is 11.7 Å². The number of alkyl carbamates (subject to hydrolysis) is 1. The topological polar surface area (TPSA) is 97.7 Å². The van der Waals surface area contributed by atoms with E-state index in [1.165, 1.54) is 29.2 Å². The molecule has 9 nitrogen and oxygen atoms in total. The van der Waals surface area contributed by atoms with Crippen LogP contribution in [0.1, 0.15) is 49.7 Å². The van der Waals surface area contributed by atoms with Crippen LogP contribution in [0.5, 0.6) is 11.5 Å². The molecule has 2 N–H and O–H groups in total. The molecule has 1 aliphatic rings. The number of para-hydroxylation sites is 1. The molecule has 1 fully saturated rings. The fourth-order valence-corrected chi connectivity index (χ4v) is 4.90. The first-order valence-corrected chi connectivity index (χ1v) is 14.1. The largest absolute Gasteiger partial charge is 0.454 e. The van der Waals surface area contributed by atoms with Gasteiger partial charge in [-0.05, 0) is 69.9 Å². The van der Waals surface area contributed by atoms with Gasteiger partial charge in [0.2, 0.25) is 0 Å². The molecule has 0 bridgehead atoms. The molecule has 3 aromatic rings. The molecule has 0 spiro atoms. The molecule has 2 heterocycles. The molecule has 2 amide bonds. The van der Waals surface area contributed by atoms with E-state index in [2.05, 4.69) is 15.7 Å². The Morgan fingerprint density at radius 2 is 1.80 bits per heavy atom. The van der Waals surface area contributed by atoms with Crippen molar-refractivity contribution < 1.29 is 45.4 Å². The maximum Gasteiger partial charge on any atom is 0.422 e. The molecule has 0 radical (unpaired) electrons. The highest BCUT2D eigenvalue weighted by atomic mass is 19.4. The van der Waals surface area contributed by atoms with Gasteiger partial charge in [-0.25, -0.2) is 18.0 Å². The Kier molecular flexibility index (Phi) is 10.2. The summed E-state index contributed by atoms with van der Waals surface area (Å²) in [5.41, 5.74) is -2.98. The molecule has 1 aromatic heterocycles. The van der Waals surface area contributed by atoms with Crippen LogP contribution < -0.4 is 20.3 Å². The summed E-state index contributed by atoms with van der Waals surface area (Å²) in [5.74, 6) is -3.24. The number of halogens is 6. The van der Waals surface area contributed by atoms with Gasteiger partial charge in [-0.3, -0.25) is 9.48 Å². The zero-order valence-electron chi connectivity index (χ0n) is 24.8. The molecule has 1 aliphatic heterocycles. The van der Waals surface area contributed by atoms with Crippen molar-refractivity contribution >= 4 is 23.4 Å². The minimum Gasteiger partial charge on any atom is -0.454 e. The van der Waals surface area contributed by atoms with Gasteiger partial charge in [0.1, 0.15) is 23.5 Å². The SMILES string of the molecule is CC(C)(C)OC(=O)NC[C@H]1CCCN(c2c(NC(=O)c3ccn(CC(F)F)n3)ccc(Oc3ccccc3F)c2C(F)(F)F)C1. The molecule has 4 rings (SSSR count). The minimum atomic E-state index is -5.03.